The van der Waals surface area contributed by atoms with Crippen LogP contribution in [-0.2, 0) is 4.79 Å². The third kappa shape index (κ3) is 6.40. The van der Waals surface area contributed by atoms with E-state index in [2.05, 4.69) is 24.4 Å². The van der Waals surface area contributed by atoms with E-state index in [-0.39, 0.29) is 5.91 Å². The molecule has 1 aromatic rings. The summed E-state index contributed by atoms with van der Waals surface area (Å²) in [7, 11) is 1.66. The van der Waals surface area contributed by atoms with E-state index in [9.17, 15) is 4.79 Å². The number of thioether (sulfide) groups is 1. The Morgan fingerprint density at radius 2 is 2.00 bits per heavy atom. The minimum atomic E-state index is -0.395. The van der Waals surface area contributed by atoms with Crippen LogP contribution < -0.4 is 15.8 Å². The smallest absolute Gasteiger partial charge is 0.236 e. The van der Waals surface area contributed by atoms with Gasteiger partial charge >= 0.3 is 0 Å². The van der Waals surface area contributed by atoms with E-state index in [0.717, 1.165) is 24.3 Å². The van der Waals surface area contributed by atoms with Gasteiger partial charge in [-0.05, 0) is 48.5 Å². The van der Waals surface area contributed by atoms with E-state index in [1.165, 1.54) is 5.56 Å². The average Bonchev–Trinajstić information content (AvgIpc) is 2.52. The lowest BCUT2D eigenvalue weighted by Crippen LogP contribution is -2.41. The average molecular weight is 310 g/mol. The summed E-state index contributed by atoms with van der Waals surface area (Å²) in [5.74, 6) is 2.11. The van der Waals surface area contributed by atoms with Crippen molar-refractivity contribution in [3.63, 3.8) is 0 Å². The molecule has 5 heteroatoms. The Hall–Kier alpha value is -1.20. The molecule has 0 fully saturated rings. The Morgan fingerprint density at radius 1 is 1.33 bits per heavy atom. The second-order valence-corrected chi connectivity index (χ2v) is 6.13. The molecule has 0 heterocycles. The molecule has 2 atom stereocenters. The van der Waals surface area contributed by atoms with Crippen molar-refractivity contribution < 1.29 is 9.53 Å². The van der Waals surface area contributed by atoms with Gasteiger partial charge in [0.25, 0.3) is 0 Å². The molecule has 0 saturated carbocycles. The lowest BCUT2D eigenvalue weighted by atomic mass is 9.98. The maximum atomic E-state index is 11.8. The van der Waals surface area contributed by atoms with Crippen LogP contribution in [0.3, 0.4) is 0 Å². The molecule has 0 bridgehead atoms. The minimum Gasteiger partial charge on any atom is -0.497 e. The summed E-state index contributed by atoms with van der Waals surface area (Å²) in [6.45, 7) is 2.81. The van der Waals surface area contributed by atoms with Crippen molar-refractivity contribution in [1.82, 2.24) is 5.32 Å². The van der Waals surface area contributed by atoms with E-state index in [1.807, 2.05) is 18.4 Å². The van der Waals surface area contributed by atoms with Crippen LogP contribution in [0.2, 0.25) is 0 Å². The Labute approximate surface area is 131 Å². The molecule has 0 aliphatic rings. The zero-order valence-electron chi connectivity index (χ0n) is 13.1. The van der Waals surface area contributed by atoms with Crippen LogP contribution in [0, 0.1) is 0 Å². The van der Waals surface area contributed by atoms with Gasteiger partial charge in [0.05, 0.1) is 13.2 Å². The molecule has 0 saturated heterocycles. The number of carbonyl (C=O) groups is 1. The van der Waals surface area contributed by atoms with Gasteiger partial charge in [0, 0.05) is 6.54 Å². The second-order valence-electron chi connectivity index (χ2n) is 5.14. The molecule has 0 radical (unpaired) electrons. The maximum Gasteiger partial charge on any atom is 0.236 e. The largest absolute Gasteiger partial charge is 0.497 e. The molecular weight excluding hydrogens is 284 g/mol. The van der Waals surface area contributed by atoms with Gasteiger partial charge in [0.1, 0.15) is 5.75 Å². The second kappa shape index (κ2) is 9.68. The number of carbonyl (C=O) groups excluding carboxylic acids is 1. The Kier molecular flexibility index (Phi) is 8.23. The van der Waals surface area contributed by atoms with Crippen molar-refractivity contribution in [1.29, 1.82) is 0 Å². The van der Waals surface area contributed by atoms with Gasteiger partial charge in [-0.1, -0.05) is 19.1 Å². The fourth-order valence-corrected chi connectivity index (χ4v) is 2.51. The molecule has 0 aromatic heterocycles. The summed E-state index contributed by atoms with van der Waals surface area (Å²) in [4.78, 5) is 11.8. The normalized spacial score (nSPS) is 13.5. The number of nitrogens with one attached hydrogen (secondary N) is 1. The number of benzene rings is 1. The number of nitrogens with two attached hydrogens (primary N) is 1. The molecule has 21 heavy (non-hydrogen) atoms. The van der Waals surface area contributed by atoms with Crippen LogP contribution in [0.5, 0.6) is 5.75 Å². The third-order valence-corrected chi connectivity index (χ3v) is 4.18. The van der Waals surface area contributed by atoms with Crippen molar-refractivity contribution in [3.05, 3.63) is 29.8 Å². The van der Waals surface area contributed by atoms with Crippen molar-refractivity contribution in [2.24, 2.45) is 5.73 Å². The highest BCUT2D eigenvalue weighted by atomic mass is 32.2. The standard InChI is InChI=1S/C16H26N2O2S/c1-12(13-4-6-14(20-2)7-5-13)8-10-18-16(19)15(17)9-11-21-3/h4-7,12,15H,8-11,17H2,1-3H3,(H,18,19)/t12?,15-/m0/s1. The van der Waals surface area contributed by atoms with Crippen LogP contribution in [-0.4, -0.2) is 37.6 Å². The zero-order chi connectivity index (χ0) is 15.7. The van der Waals surface area contributed by atoms with Gasteiger partial charge in [-0.15, -0.1) is 0 Å². The third-order valence-electron chi connectivity index (χ3n) is 3.53. The number of methoxy groups -OCH3 is 1. The van der Waals surface area contributed by atoms with E-state index in [4.69, 9.17) is 10.5 Å². The van der Waals surface area contributed by atoms with Crippen molar-refractivity contribution >= 4 is 17.7 Å². The lowest BCUT2D eigenvalue weighted by molar-refractivity contribution is -0.122. The highest BCUT2D eigenvalue weighted by molar-refractivity contribution is 7.98. The van der Waals surface area contributed by atoms with Gasteiger partial charge < -0.3 is 15.8 Å². The van der Waals surface area contributed by atoms with Crippen LogP contribution in [0.25, 0.3) is 0 Å². The molecule has 1 unspecified atom stereocenters. The summed E-state index contributed by atoms with van der Waals surface area (Å²) in [5.41, 5.74) is 7.07. The number of amides is 1. The topological polar surface area (TPSA) is 64.3 Å². The first-order chi connectivity index (χ1) is 10.1. The van der Waals surface area contributed by atoms with Crippen LogP contribution >= 0.6 is 11.8 Å². The lowest BCUT2D eigenvalue weighted by Gasteiger charge is -2.15. The molecule has 4 nitrogen and oxygen atoms in total. The van der Waals surface area contributed by atoms with Crippen molar-refractivity contribution in [2.75, 3.05) is 25.7 Å². The van der Waals surface area contributed by atoms with Gasteiger partial charge in [0.2, 0.25) is 5.91 Å². The van der Waals surface area contributed by atoms with E-state index < -0.39 is 6.04 Å². The van der Waals surface area contributed by atoms with Crippen molar-refractivity contribution in [3.8, 4) is 5.75 Å². The van der Waals surface area contributed by atoms with E-state index in [0.29, 0.717) is 12.5 Å². The highest BCUT2D eigenvalue weighted by Gasteiger charge is 2.13. The number of ether oxygens (including phenoxy) is 1. The molecule has 0 spiro atoms. The number of hydrogen-bond donors (Lipinski definition) is 2. The molecule has 0 aliphatic carbocycles. The fourth-order valence-electron chi connectivity index (χ4n) is 2.02. The predicted octanol–water partition coefficient (Wildman–Crippen LogP) is 2.39. The minimum absolute atomic E-state index is 0.0500. The fraction of sp³-hybridized carbons (Fsp3) is 0.562. The Morgan fingerprint density at radius 3 is 2.57 bits per heavy atom. The monoisotopic (exact) mass is 310 g/mol. The summed E-state index contributed by atoms with van der Waals surface area (Å²) in [6, 6.07) is 7.66. The maximum absolute atomic E-state index is 11.8. The van der Waals surface area contributed by atoms with E-state index >= 15 is 0 Å². The quantitative estimate of drug-likeness (QED) is 0.735. The van der Waals surface area contributed by atoms with Gasteiger partial charge in [-0.25, -0.2) is 0 Å². The van der Waals surface area contributed by atoms with Gasteiger partial charge in [0.15, 0.2) is 0 Å². The number of hydrogen-bond acceptors (Lipinski definition) is 4. The van der Waals surface area contributed by atoms with E-state index in [1.54, 1.807) is 18.9 Å². The molecule has 0 aliphatic heterocycles. The molecule has 1 aromatic carbocycles. The summed E-state index contributed by atoms with van der Waals surface area (Å²) in [5, 5.41) is 2.92. The SMILES string of the molecule is COc1ccc(C(C)CCNC(=O)[C@@H](N)CCSC)cc1. The zero-order valence-corrected chi connectivity index (χ0v) is 13.9. The van der Waals surface area contributed by atoms with Gasteiger partial charge in [-0.3, -0.25) is 4.79 Å². The van der Waals surface area contributed by atoms with Crippen LogP contribution in [0.1, 0.15) is 31.2 Å². The highest BCUT2D eigenvalue weighted by Crippen LogP contribution is 2.21. The van der Waals surface area contributed by atoms with Crippen LogP contribution in [0.4, 0.5) is 0 Å². The summed E-state index contributed by atoms with van der Waals surface area (Å²) < 4.78 is 5.15. The first-order valence-corrected chi connectivity index (χ1v) is 8.64. The first-order valence-electron chi connectivity index (χ1n) is 7.24. The molecular formula is C16H26N2O2S. The summed E-state index contributed by atoms with van der Waals surface area (Å²) >= 11 is 1.71. The number of rotatable bonds is 9. The van der Waals surface area contributed by atoms with Gasteiger partial charge in [-0.2, -0.15) is 11.8 Å². The first kappa shape index (κ1) is 17.9. The molecule has 118 valence electrons. The summed E-state index contributed by atoms with van der Waals surface area (Å²) in [6.07, 6.45) is 3.63. The predicted molar refractivity (Wildman–Crippen MR) is 90.0 cm³/mol. The van der Waals surface area contributed by atoms with Crippen LogP contribution in [0.15, 0.2) is 24.3 Å². The van der Waals surface area contributed by atoms with Crippen molar-refractivity contribution in [2.45, 2.75) is 31.7 Å². The Bertz CT molecular complexity index is 423. The molecule has 1 rings (SSSR count). The molecule has 3 N–H and O–H groups in total. The molecule has 1 amide bonds. The Balaban J connectivity index is 2.32.